The first-order valence-corrected chi connectivity index (χ1v) is 11.0. The molecule has 9 heteroatoms. The van der Waals surface area contributed by atoms with Gasteiger partial charge in [-0.05, 0) is 50.2 Å². The lowest BCUT2D eigenvalue weighted by atomic mass is 9.95. The number of carbonyl (C=O) groups excluding carboxylic acids is 2. The summed E-state index contributed by atoms with van der Waals surface area (Å²) in [5.41, 5.74) is 2.63. The third-order valence-electron chi connectivity index (χ3n) is 6.21. The highest BCUT2D eigenvalue weighted by Crippen LogP contribution is 2.30. The molecule has 32 heavy (non-hydrogen) atoms. The maximum atomic E-state index is 13.0. The van der Waals surface area contributed by atoms with Gasteiger partial charge in [0.05, 0.1) is 18.8 Å². The standard InChI is InChI=1S/C23H29FN6O2/c1-15(31)30-12-9-20-19(13-30)23(25-2)28-22(27-20)16-7-10-29(11-8-16)14-21(32)26-18-5-3-17(24)4-6-18/h3-6,16H,7-14H2,1-2H3,(H,26,32)(H,25,27,28). The van der Waals surface area contributed by atoms with Gasteiger partial charge in [0.15, 0.2) is 0 Å². The zero-order valence-corrected chi connectivity index (χ0v) is 18.5. The molecule has 2 aliphatic heterocycles. The number of hydrogen-bond acceptors (Lipinski definition) is 6. The fourth-order valence-electron chi connectivity index (χ4n) is 4.38. The minimum atomic E-state index is -0.327. The van der Waals surface area contributed by atoms with Gasteiger partial charge in [0, 0.05) is 44.1 Å². The Morgan fingerprint density at radius 2 is 1.84 bits per heavy atom. The number of likely N-dealkylation sites (tertiary alicyclic amines) is 1. The van der Waals surface area contributed by atoms with Crippen LogP contribution in [0.2, 0.25) is 0 Å². The quantitative estimate of drug-likeness (QED) is 0.742. The van der Waals surface area contributed by atoms with Crippen LogP contribution in [0.3, 0.4) is 0 Å². The predicted octanol–water partition coefficient (Wildman–Crippen LogP) is 2.38. The second kappa shape index (κ2) is 9.60. The maximum Gasteiger partial charge on any atom is 0.238 e. The van der Waals surface area contributed by atoms with Crippen LogP contribution in [0.25, 0.3) is 0 Å². The Balaban J connectivity index is 1.35. The summed E-state index contributed by atoms with van der Waals surface area (Å²) in [6, 6.07) is 5.78. The van der Waals surface area contributed by atoms with Gasteiger partial charge in [0.1, 0.15) is 17.5 Å². The Labute approximate surface area is 187 Å². The van der Waals surface area contributed by atoms with E-state index in [2.05, 4.69) is 15.5 Å². The number of nitrogens with one attached hydrogen (secondary N) is 2. The molecular weight excluding hydrogens is 411 g/mol. The number of anilines is 2. The average molecular weight is 441 g/mol. The molecule has 4 rings (SSSR count). The van der Waals surface area contributed by atoms with Crippen molar-refractivity contribution in [3.05, 3.63) is 47.2 Å². The number of piperidine rings is 1. The zero-order valence-electron chi connectivity index (χ0n) is 18.5. The summed E-state index contributed by atoms with van der Waals surface area (Å²) in [5.74, 6) is 1.53. The van der Waals surface area contributed by atoms with Gasteiger partial charge >= 0.3 is 0 Å². The molecule has 0 unspecified atom stereocenters. The van der Waals surface area contributed by atoms with Crippen molar-refractivity contribution in [2.75, 3.05) is 43.9 Å². The zero-order chi connectivity index (χ0) is 22.7. The van der Waals surface area contributed by atoms with Crippen molar-refractivity contribution < 1.29 is 14.0 Å². The van der Waals surface area contributed by atoms with Crippen molar-refractivity contribution in [2.45, 2.75) is 38.6 Å². The average Bonchev–Trinajstić information content (AvgIpc) is 2.80. The molecule has 170 valence electrons. The third-order valence-corrected chi connectivity index (χ3v) is 6.21. The Bertz CT molecular complexity index is 971. The SMILES string of the molecule is CNc1nc(C2CCN(CC(=O)Nc3ccc(F)cc3)CC2)nc2c1CN(C(C)=O)CC2. The maximum absolute atomic E-state index is 13.0. The molecule has 1 fully saturated rings. The monoisotopic (exact) mass is 440 g/mol. The third kappa shape index (κ3) is 5.04. The Morgan fingerprint density at radius 3 is 2.50 bits per heavy atom. The van der Waals surface area contributed by atoms with Crippen LogP contribution in [0, 0.1) is 5.82 Å². The number of fused-ring (bicyclic) bond motifs is 1. The summed E-state index contributed by atoms with van der Waals surface area (Å²) < 4.78 is 13.0. The van der Waals surface area contributed by atoms with E-state index in [1.54, 1.807) is 19.1 Å². The molecule has 0 radical (unpaired) electrons. The number of carbonyl (C=O) groups is 2. The molecule has 0 spiro atoms. The lowest BCUT2D eigenvalue weighted by Gasteiger charge is -2.32. The number of halogens is 1. The Hall–Kier alpha value is -3.07. The van der Waals surface area contributed by atoms with Crippen molar-refractivity contribution in [2.24, 2.45) is 0 Å². The second-order valence-corrected chi connectivity index (χ2v) is 8.40. The molecule has 0 bridgehead atoms. The number of amides is 2. The molecule has 2 amide bonds. The van der Waals surface area contributed by atoms with Crippen molar-refractivity contribution in [3.8, 4) is 0 Å². The molecule has 2 aliphatic rings. The molecule has 0 aliphatic carbocycles. The molecule has 0 saturated carbocycles. The molecular formula is C23H29FN6O2. The van der Waals surface area contributed by atoms with Gasteiger partial charge < -0.3 is 15.5 Å². The first-order valence-electron chi connectivity index (χ1n) is 11.0. The smallest absolute Gasteiger partial charge is 0.238 e. The minimum absolute atomic E-state index is 0.0672. The highest BCUT2D eigenvalue weighted by Gasteiger charge is 2.28. The summed E-state index contributed by atoms with van der Waals surface area (Å²) >= 11 is 0. The molecule has 1 aromatic carbocycles. The van der Waals surface area contributed by atoms with Crippen LogP contribution in [-0.4, -0.2) is 64.8 Å². The summed E-state index contributed by atoms with van der Waals surface area (Å²) in [6.45, 7) is 4.70. The minimum Gasteiger partial charge on any atom is -0.373 e. The van der Waals surface area contributed by atoms with Crippen molar-refractivity contribution in [1.82, 2.24) is 19.8 Å². The van der Waals surface area contributed by atoms with E-state index in [0.717, 1.165) is 55.3 Å². The highest BCUT2D eigenvalue weighted by molar-refractivity contribution is 5.92. The first kappa shape index (κ1) is 22.1. The number of aromatic nitrogens is 2. The number of hydrogen-bond donors (Lipinski definition) is 2. The molecule has 1 aromatic heterocycles. The van der Waals surface area contributed by atoms with Gasteiger partial charge in [-0.2, -0.15) is 0 Å². The van der Waals surface area contributed by atoms with Crippen LogP contribution in [0.1, 0.15) is 42.8 Å². The van der Waals surface area contributed by atoms with Crippen LogP contribution < -0.4 is 10.6 Å². The Kier molecular flexibility index (Phi) is 6.64. The molecule has 2 N–H and O–H groups in total. The van der Waals surface area contributed by atoms with Gasteiger partial charge in [0.2, 0.25) is 11.8 Å². The van der Waals surface area contributed by atoms with E-state index in [9.17, 15) is 14.0 Å². The lowest BCUT2D eigenvalue weighted by molar-refractivity contribution is -0.129. The Morgan fingerprint density at radius 1 is 1.12 bits per heavy atom. The van der Waals surface area contributed by atoms with E-state index >= 15 is 0 Å². The van der Waals surface area contributed by atoms with Crippen molar-refractivity contribution >= 4 is 23.3 Å². The van der Waals surface area contributed by atoms with Crippen LogP contribution in [0.5, 0.6) is 0 Å². The van der Waals surface area contributed by atoms with E-state index in [1.165, 1.54) is 12.1 Å². The van der Waals surface area contributed by atoms with Gasteiger partial charge in [0.25, 0.3) is 0 Å². The fraction of sp³-hybridized carbons (Fsp3) is 0.478. The van der Waals surface area contributed by atoms with E-state index in [1.807, 2.05) is 11.9 Å². The molecule has 8 nitrogen and oxygen atoms in total. The van der Waals surface area contributed by atoms with Gasteiger partial charge in [-0.25, -0.2) is 14.4 Å². The van der Waals surface area contributed by atoms with Crippen molar-refractivity contribution in [3.63, 3.8) is 0 Å². The van der Waals surface area contributed by atoms with Gasteiger partial charge in [-0.1, -0.05) is 0 Å². The largest absolute Gasteiger partial charge is 0.373 e. The molecule has 0 atom stereocenters. The first-order chi connectivity index (χ1) is 15.4. The van der Waals surface area contributed by atoms with Crippen LogP contribution in [-0.2, 0) is 22.6 Å². The normalized spacial score (nSPS) is 17.0. The van der Waals surface area contributed by atoms with E-state index in [0.29, 0.717) is 25.3 Å². The van der Waals surface area contributed by atoms with E-state index < -0.39 is 0 Å². The van der Waals surface area contributed by atoms with Gasteiger partial charge in [-0.3, -0.25) is 14.5 Å². The topological polar surface area (TPSA) is 90.5 Å². The van der Waals surface area contributed by atoms with Crippen LogP contribution >= 0.6 is 0 Å². The second-order valence-electron chi connectivity index (χ2n) is 8.40. The summed E-state index contributed by atoms with van der Waals surface area (Å²) in [5, 5.41) is 5.99. The number of benzene rings is 1. The summed E-state index contributed by atoms with van der Waals surface area (Å²) in [4.78, 5) is 37.7. The summed E-state index contributed by atoms with van der Waals surface area (Å²) in [6.07, 6.45) is 2.50. The summed E-state index contributed by atoms with van der Waals surface area (Å²) in [7, 11) is 1.85. The van der Waals surface area contributed by atoms with Gasteiger partial charge in [-0.15, -0.1) is 0 Å². The molecule has 1 saturated heterocycles. The lowest BCUT2D eigenvalue weighted by Crippen LogP contribution is -2.39. The van der Waals surface area contributed by atoms with E-state index in [4.69, 9.17) is 9.97 Å². The molecule has 2 aromatic rings. The van der Waals surface area contributed by atoms with Crippen LogP contribution in [0.4, 0.5) is 15.9 Å². The van der Waals surface area contributed by atoms with Crippen LogP contribution in [0.15, 0.2) is 24.3 Å². The number of nitrogens with zero attached hydrogens (tertiary/aromatic N) is 4. The highest BCUT2D eigenvalue weighted by atomic mass is 19.1. The molecule has 3 heterocycles. The van der Waals surface area contributed by atoms with E-state index in [-0.39, 0.29) is 23.5 Å². The predicted molar refractivity (Wildman–Crippen MR) is 120 cm³/mol. The number of rotatable bonds is 5. The fourth-order valence-corrected chi connectivity index (χ4v) is 4.38. The van der Waals surface area contributed by atoms with Crippen molar-refractivity contribution in [1.29, 1.82) is 0 Å².